The van der Waals surface area contributed by atoms with Crippen LogP contribution >= 0.6 is 11.6 Å². The van der Waals surface area contributed by atoms with Crippen LogP contribution in [0.25, 0.3) is 0 Å². The van der Waals surface area contributed by atoms with Crippen LogP contribution in [0.2, 0.25) is 5.02 Å². The normalized spacial score (nSPS) is 26.2. The van der Waals surface area contributed by atoms with Gasteiger partial charge in [-0.25, -0.2) is 4.90 Å². The van der Waals surface area contributed by atoms with Crippen LogP contribution in [0.15, 0.2) is 30.3 Å². The predicted molar refractivity (Wildman–Crippen MR) is 136 cm³/mol. The number of aliphatic carboxylic acids is 1. The monoisotopic (exact) mass is 514 g/mol. The van der Waals surface area contributed by atoms with Crippen LogP contribution in [0.5, 0.6) is 11.5 Å². The summed E-state index contributed by atoms with van der Waals surface area (Å²) < 4.78 is 11.1. The van der Waals surface area contributed by atoms with E-state index in [4.69, 9.17) is 21.1 Å². The maximum absolute atomic E-state index is 14.0. The van der Waals surface area contributed by atoms with Gasteiger partial charge in [0.1, 0.15) is 17.0 Å². The summed E-state index contributed by atoms with van der Waals surface area (Å²) in [5.74, 6) is -3.62. The molecule has 0 radical (unpaired) electrons. The third-order valence-electron chi connectivity index (χ3n) is 7.90. The summed E-state index contributed by atoms with van der Waals surface area (Å²) >= 11 is 6.31. The lowest BCUT2D eigenvalue weighted by atomic mass is 9.72. The summed E-state index contributed by atoms with van der Waals surface area (Å²) in [6, 6.07) is 7.70. The lowest BCUT2D eigenvalue weighted by Gasteiger charge is -2.36. The fourth-order valence-electron chi connectivity index (χ4n) is 5.80. The summed E-state index contributed by atoms with van der Waals surface area (Å²) in [7, 11) is 3.06. The molecule has 2 heterocycles. The average molecular weight is 515 g/mol. The second-order valence-electron chi connectivity index (χ2n) is 9.57. The molecule has 0 aliphatic carbocycles. The summed E-state index contributed by atoms with van der Waals surface area (Å²) in [6.07, 6.45) is 0.492. The van der Waals surface area contributed by atoms with Crippen LogP contribution in [0.4, 0.5) is 5.69 Å². The molecule has 4 rings (SSSR count). The molecule has 2 aromatic carbocycles. The van der Waals surface area contributed by atoms with E-state index in [2.05, 4.69) is 5.32 Å². The van der Waals surface area contributed by atoms with Crippen molar-refractivity contribution in [1.82, 2.24) is 5.32 Å². The summed E-state index contributed by atoms with van der Waals surface area (Å²) in [4.78, 5) is 41.9. The zero-order valence-electron chi connectivity index (χ0n) is 21.2. The minimum Gasteiger partial charge on any atom is -0.496 e. The highest BCUT2D eigenvalue weighted by atomic mass is 35.5. The molecule has 0 saturated carbocycles. The van der Waals surface area contributed by atoms with Gasteiger partial charge in [0.15, 0.2) is 0 Å². The van der Waals surface area contributed by atoms with Gasteiger partial charge in [-0.2, -0.15) is 0 Å². The Morgan fingerprint density at radius 1 is 1.17 bits per heavy atom. The molecule has 2 aromatic rings. The van der Waals surface area contributed by atoms with Gasteiger partial charge in [0.05, 0.1) is 31.7 Å². The Morgan fingerprint density at radius 3 is 2.42 bits per heavy atom. The largest absolute Gasteiger partial charge is 0.496 e. The lowest BCUT2D eigenvalue weighted by molar-refractivity contribution is -0.151. The summed E-state index contributed by atoms with van der Waals surface area (Å²) in [5, 5.41) is 14.2. The highest BCUT2D eigenvalue weighted by molar-refractivity contribution is 6.32. The van der Waals surface area contributed by atoms with E-state index in [1.54, 1.807) is 44.4 Å². The molecule has 9 heteroatoms. The molecule has 2 saturated heterocycles. The summed E-state index contributed by atoms with van der Waals surface area (Å²) in [6.45, 7) is 7.32. The molecule has 2 N–H and O–H groups in total. The number of ether oxygens (including phenoxy) is 2. The van der Waals surface area contributed by atoms with Gasteiger partial charge in [0.25, 0.3) is 0 Å². The number of anilines is 1. The average Bonchev–Trinajstić information content (AvgIpc) is 3.34. The number of hydrogen-bond donors (Lipinski definition) is 2. The molecule has 5 atom stereocenters. The first-order chi connectivity index (χ1) is 17.0. The fourth-order valence-corrected chi connectivity index (χ4v) is 5.97. The molecular weight excluding hydrogens is 484 g/mol. The SMILES string of the molecule is CCC(C)C1(C(=O)O)NC(c2ccc(OC)c(C)c2OC)C2C(=O)N(c3ccc(C)c(Cl)c3)C(=O)C21. The van der Waals surface area contributed by atoms with Crippen molar-refractivity contribution >= 4 is 35.1 Å². The van der Waals surface area contributed by atoms with Crippen LogP contribution in [0.3, 0.4) is 0 Å². The van der Waals surface area contributed by atoms with E-state index in [-0.39, 0.29) is 0 Å². The number of halogens is 1. The molecule has 2 aliphatic heterocycles. The van der Waals surface area contributed by atoms with Crippen molar-refractivity contribution in [3.8, 4) is 11.5 Å². The number of rotatable bonds is 7. The number of carbonyl (C=O) groups is 3. The third-order valence-corrected chi connectivity index (χ3v) is 8.31. The second-order valence-corrected chi connectivity index (χ2v) is 9.98. The lowest BCUT2D eigenvalue weighted by Crippen LogP contribution is -2.59. The van der Waals surface area contributed by atoms with E-state index in [1.165, 1.54) is 7.11 Å². The van der Waals surface area contributed by atoms with Gasteiger partial charge in [-0.15, -0.1) is 0 Å². The number of nitrogens with zero attached hydrogens (tertiary/aromatic N) is 1. The molecule has 0 spiro atoms. The number of aryl methyl sites for hydroxylation is 1. The summed E-state index contributed by atoms with van der Waals surface area (Å²) in [5.41, 5.74) is 0.791. The van der Waals surface area contributed by atoms with Crippen LogP contribution in [-0.2, 0) is 14.4 Å². The maximum atomic E-state index is 14.0. The van der Waals surface area contributed by atoms with E-state index in [0.717, 1.165) is 10.5 Å². The Kier molecular flexibility index (Phi) is 6.79. The number of carboxylic acids is 1. The van der Waals surface area contributed by atoms with Crippen molar-refractivity contribution in [3.05, 3.63) is 52.0 Å². The van der Waals surface area contributed by atoms with E-state index in [9.17, 15) is 19.5 Å². The van der Waals surface area contributed by atoms with Crippen LogP contribution in [0, 0.1) is 31.6 Å². The van der Waals surface area contributed by atoms with Crippen molar-refractivity contribution in [1.29, 1.82) is 0 Å². The van der Waals surface area contributed by atoms with E-state index in [0.29, 0.717) is 39.8 Å². The topological polar surface area (TPSA) is 105 Å². The van der Waals surface area contributed by atoms with Gasteiger partial charge in [-0.05, 0) is 43.5 Å². The number of methoxy groups -OCH3 is 2. The number of carboxylic acid groups (broad SMARTS) is 1. The molecule has 36 heavy (non-hydrogen) atoms. The zero-order valence-corrected chi connectivity index (χ0v) is 22.0. The molecule has 5 unspecified atom stereocenters. The number of carbonyl (C=O) groups excluding carboxylic acids is 2. The molecule has 192 valence electrons. The Bertz CT molecular complexity index is 1250. The maximum Gasteiger partial charge on any atom is 0.325 e. The van der Waals surface area contributed by atoms with Crippen molar-refractivity contribution in [3.63, 3.8) is 0 Å². The molecule has 2 aliphatic rings. The Hall–Kier alpha value is -3.10. The Morgan fingerprint density at radius 2 is 1.86 bits per heavy atom. The number of hydrogen-bond acceptors (Lipinski definition) is 6. The Labute approximate surface area is 215 Å². The van der Waals surface area contributed by atoms with E-state index >= 15 is 0 Å². The van der Waals surface area contributed by atoms with Crippen molar-refractivity contribution < 1.29 is 29.0 Å². The van der Waals surface area contributed by atoms with Gasteiger partial charge in [0, 0.05) is 22.2 Å². The zero-order chi connectivity index (χ0) is 26.5. The van der Waals surface area contributed by atoms with Crippen LogP contribution in [0.1, 0.15) is 43.0 Å². The van der Waals surface area contributed by atoms with Crippen molar-refractivity contribution in [2.45, 2.75) is 45.7 Å². The second kappa shape index (κ2) is 9.41. The minimum absolute atomic E-state index is 0.329. The third kappa shape index (κ3) is 3.58. The van der Waals surface area contributed by atoms with Crippen LogP contribution in [-0.4, -0.2) is 42.6 Å². The van der Waals surface area contributed by atoms with Crippen molar-refractivity contribution in [2.24, 2.45) is 17.8 Å². The fraction of sp³-hybridized carbons (Fsp3) is 0.444. The van der Waals surface area contributed by atoms with E-state index < -0.39 is 47.1 Å². The van der Waals surface area contributed by atoms with Crippen LogP contribution < -0.4 is 19.7 Å². The number of imide groups is 1. The van der Waals surface area contributed by atoms with Gasteiger partial charge in [-0.1, -0.05) is 44.0 Å². The first-order valence-corrected chi connectivity index (χ1v) is 12.3. The molecule has 2 amide bonds. The highest BCUT2D eigenvalue weighted by Crippen LogP contribution is 2.54. The quantitative estimate of drug-likeness (QED) is 0.531. The number of benzene rings is 2. The van der Waals surface area contributed by atoms with Gasteiger partial charge in [-0.3, -0.25) is 19.7 Å². The predicted octanol–water partition coefficient (Wildman–Crippen LogP) is 4.29. The molecule has 0 aromatic heterocycles. The van der Waals surface area contributed by atoms with Gasteiger partial charge < -0.3 is 14.6 Å². The molecule has 2 fully saturated rings. The highest BCUT2D eigenvalue weighted by Gasteiger charge is 2.70. The smallest absolute Gasteiger partial charge is 0.325 e. The number of nitrogens with one attached hydrogen (secondary N) is 1. The molecule has 8 nitrogen and oxygen atoms in total. The molecule has 0 bridgehead atoms. The van der Waals surface area contributed by atoms with Crippen molar-refractivity contribution in [2.75, 3.05) is 19.1 Å². The first kappa shape index (κ1) is 26.0. The minimum atomic E-state index is -1.65. The standard InChI is InChI=1S/C27H31ClN2O6/c1-7-14(3)27(26(33)34)21-20(22(29-27)17-10-11-19(35-5)15(4)23(17)36-6)24(31)30(25(21)32)16-9-8-13(2)18(28)12-16/h8-12,14,20-22,29H,7H2,1-6H3,(H,33,34). The molecular formula is C27H31ClN2O6. The first-order valence-electron chi connectivity index (χ1n) is 11.9. The van der Waals surface area contributed by atoms with Gasteiger partial charge >= 0.3 is 5.97 Å². The Balaban J connectivity index is 1.94. The number of amides is 2. The number of fused-ring (bicyclic) bond motifs is 1. The van der Waals surface area contributed by atoms with E-state index in [1.807, 2.05) is 20.8 Å². The van der Waals surface area contributed by atoms with Gasteiger partial charge in [0.2, 0.25) is 11.8 Å².